The van der Waals surface area contributed by atoms with Gasteiger partial charge in [-0.05, 0) is 53.3 Å². The SMILES string of the molecule is CCCCCc1ccc2cc(CC)c(F)cc2c1. The van der Waals surface area contributed by atoms with Crippen molar-refractivity contribution in [1.29, 1.82) is 0 Å². The monoisotopic (exact) mass is 244 g/mol. The lowest BCUT2D eigenvalue weighted by Crippen LogP contribution is -1.90. The van der Waals surface area contributed by atoms with E-state index in [1.165, 1.54) is 24.8 Å². The van der Waals surface area contributed by atoms with Crippen LogP contribution in [0.25, 0.3) is 10.8 Å². The van der Waals surface area contributed by atoms with Crippen LogP contribution in [-0.4, -0.2) is 0 Å². The molecular weight excluding hydrogens is 223 g/mol. The quantitative estimate of drug-likeness (QED) is 0.628. The first-order valence-electron chi connectivity index (χ1n) is 6.95. The highest BCUT2D eigenvalue weighted by atomic mass is 19.1. The maximum Gasteiger partial charge on any atom is 0.127 e. The first kappa shape index (κ1) is 13.1. The van der Waals surface area contributed by atoms with Gasteiger partial charge in [0.1, 0.15) is 5.82 Å². The van der Waals surface area contributed by atoms with Crippen molar-refractivity contribution < 1.29 is 4.39 Å². The molecule has 0 aliphatic rings. The fourth-order valence-electron chi connectivity index (χ4n) is 2.37. The van der Waals surface area contributed by atoms with E-state index < -0.39 is 0 Å². The topological polar surface area (TPSA) is 0 Å². The number of hydrogen-bond acceptors (Lipinski definition) is 0. The number of aryl methyl sites for hydroxylation is 2. The second kappa shape index (κ2) is 5.99. The second-order valence-corrected chi connectivity index (χ2v) is 4.94. The Kier molecular flexibility index (Phi) is 4.35. The normalized spacial score (nSPS) is 11.1. The molecule has 18 heavy (non-hydrogen) atoms. The second-order valence-electron chi connectivity index (χ2n) is 4.94. The minimum atomic E-state index is -0.0734. The minimum Gasteiger partial charge on any atom is -0.207 e. The summed E-state index contributed by atoms with van der Waals surface area (Å²) in [4.78, 5) is 0. The molecule has 0 fully saturated rings. The lowest BCUT2D eigenvalue weighted by Gasteiger charge is -2.06. The van der Waals surface area contributed by atoms with E-state index >= 15 is 0 Å². The van der Waals surface area contributed by atoms with Crippen molar-refractivity contribution in [1.82, 2.24) is 0 Å². The van der Waals surface area contributed by atoms with Gasteiger partial charge in [0.2, 0.25) is 0 Å². The Morgan fingerprint density at radius 2 is 1.78 bits per heavy atom. The zero-order valence-electron chi connectivity index (χ0n) is 11.3. The van der Waals surface area contributed by atoms with Gasteiger partial charge in [-0.3, -0.25) is 0 Å². The molecule has 0 bridgehead atoms. The predicted octanol–water partition coefficient (Wildman–Crippen LogP) is 5.27. The third-order valence-corrected chi connectivity index (χ3v) is 3.52. The van der Waals surface area contributed by atoms with E-state index in [0.29, 0.717) is 0 Å². The molecule has 0 unspecified atom stereocenters. The van der Waals surface area contributed by atoms with Gasteiger partial charge in [-0.15, -0.1) is 0 Å². The number of fused-ring (bicyclic) bond motifs is 1. The molecule has 0 aliphatic heterocycles. The Morgan fingerprint density at radius 3 is 2.50 bits per heavy atom. The first-order valence-corrected chi connectivity index (χ1v) is 6.95. The molecule has 0 radical (unpaired) electrons. The number of halogens is 1. The summed E-state index contributed by atoms with van der Waals surface area (Å²) in [7, 11) is 0. The Labute approximate surface area is 109 Å². The summed E-state index contributed by atoms with van der Waals surface area (Å²) in [5.74, 6) is -0.0734. The molecule has 0 spiro atoms. The van der Waals surface area contributed by atoms with Crippen molar-refractivity contribution in [2.75, 3.05) is 0 Å². The van der Waals surface area contributed by atoms with E-state index in [4.69, 9.17) is 0 Å². The molecule has 2 aromatic rings. The lowest BCUT2D eigenvalue weighted by molar-refractivity contribution is 0.614. The largest absolute Gasteiger partial charge is 0.207 e. The van der Waals surface area contributed by atoms with Crippen molar-refractivity contribution in [3.8, 4) is 0 Å². The summed E-state index contributed by atoms with van der Waals surface area (Å²) in [6.07, 6.45) is 5.57. The van der Waals surface area contributed by atoms with Crippen LogP contribution in [0.4, 0.5) is 4.39 Å². The van der Waals surface area contributed by atoms with Gasteiger partial charge >= 0.3 is 0 Å². The van der Waals surface area contributed by atoms with E-state index in [-0.39, 0.29) is 5.82 Å². The Morgan fingerprint density at radius 1 is 0.944 bits per heavy atom. The molecule has 0 saturated carbocycles. The zero-order chi connectivity index (χ0) is 13.0. The summed E-state index contributed by atoms with van der Waals surface area (Å²) in [5.41, 5.74) is 2.13. The first-order chi connectivity index (χ1) is 8.74. The average molecular weight is 244 g/mol. The number of rotatable bonds is 5. The van der Waals surface area contributed by atoms with Crippen LogP contribution >= 0.6 is 0 Å². The van der Waals surface area contributed by atoms with Crippen molar-refractivity contribution in [3.63, 3.8) is 0 Å². The zero-order valence-corrected chi connectivity index (χ0v) is 11.3. The van der Waals surface area contributed by atoms with Crippen LogP contribution in [-0.2, 0) is 12.8 Å². The summed E-state index contributed by atoms with van der Waals surface area (Å²) in [6.45, 7) is 4.20. The van der Waals surface area contributed by atoms with Crippen LogP contribution in [0.2, 0.25) is 0 Å². The third-order valence-electron chi connectivity index (χ3n) is 3.52. The van der Waals surface area contributed by atoms with Gasteiger partial charge in [-0.2, -0.15) is 0 Å². The van der Waals surface area contributed by atoms with E-state index in [1.807, 2.05) is 13.0 Å². The van der Waals surface area contributed by atoms with Crippen LogP contribution in [0.5, 0.6) is 0 Å². The molecule has 0 nitrogen and oxygen atoms in total. The molecule has 2 aromatic carbocycles. The third kappa shape index (κ3) is 2.90. The maximum absolute atomic E-state index is 13.8. The molecule has 0 amide bonds. The highest BCUT2D eigenvalue weighted by Crippen LogP contribution is 2.22. The molecule has 0 aromatic heterocycles. The Hall–Kier alpha value is -1.37. The number of unbranched alkanes of at least 4 members (excludes halogenated alkanes) is 2. The van der Waals surface area contributed by atoms with E-state index in [1.54, 1.807) is 6.07 Å². The summed E-state index contributed by atoms with van der Waals surface area (Å²) >= 11 is 0. The molecular formula is C17H21F. The maximum atomic E-state index is 13.8. The Balaban J connectivity index is 2.28. The average Bonchev–Trinajstić information content (AvgIpc) is 2.38. The standard InChI is InChI=1S/C17H21F/c1-3-5-6-7-13-8-9-15-11-14(4-2)17(18)12-16(15)10-13/h8-12H,3-7H2,1-2H3. The lowest BCUT2D eigenvalue weighted by atomic mass is 10.00. The van der Waals surface area contributed by atoms with E-state index in [2.05, 4.69) is 25.1 Å². The van der Waals surface area contributed by atoms with Crippen LogP contribution in [0, 0.1) is 5.82 Å². The van der Waals surface area contributed by atoms with Crippen LogP contribution in [0.3, 0.4) is 0 Å². The predicted molar refractivity (Wildman–Crippen MR) is 76.5 cm³/mol. The van der Waals surface area contributed by atoms with E-state index in [9.17, 15) is 4.39 Å². The fraction of sp³-hybridized carbons (Fsp3) is 0.412. The van der Waals surface area contributed by atoms with Crippen molar-refractivity contribution in [2.45, 2.75) is 46.0 Å². The molecule has 0 heterocycles. The van der Waals surface area contributed by atoms with Gasteiger partial charge in [0, 0.05) is 0 Å². The highest BCUT2D eigenvalue weighted by Gasteiger charge is 2.04. The van der Waals surface area contributed by atoms with Crippen molar-refractivity contribution in [3.05, 3.63) is 47.3 Å². The smallest absolute Gasteiger partial charge is 0.127 e. The fourth-order valence-corrected chi connectivity index (χ4v) is 2.37. The highest BCUT2D eigenvalue weighted by molar-refractivity contribution is 5.84. The minimum absolute atomic E-state index is 0.0734. The Bertz CT molecular complexity index is 528. The van der Waals surface area contributed by atoms with Crippen LogP contribution in [0.1, 0.15) is 44.2 Å². The van der Waals surface area contributed by atoms with Gasteiger partial charge in [0.15, 0.2) is 0 Å². The van der Waals surface area contributed by atoms with Gasteiger partial charge in [-0.25, -0.2) is 4.39 Å². The summed E-state index contributed by atoms with van der Waals surface area (Å²) in [5, 5.41) is 2.17. The molecule has 0 aliphatic carbocycles. The van der Waals surface area contributed by atoms with Gasteiger partial charge in [0.05, 0.1) is 0 Å². The van der Waals surface area contributed by atoms with Crippen LogP contribution < -0.4 is 0 Å². The molecule has 96 valence electrons. The molecule has 1 heteroatoms. The van der Waals surface area contributed by atoms with Crippen molar-refractivity contribution >= 4 is 10.8 Å². The molecule has 0 N–H and O–H groups in total. The molecule has 2 rings (SSSR count). The van der Waals surface area contributed by atoms with Gasteiger partial charge in [-0.1, -0.05) is 44.9 Å². The van der Waals surface area contributed by atoms with E-state index in [0.717, 1.165) is 29.2 Å². The number of benzene rings is 2. The van der Waals surface area contributed by atoms with Crippen molar-refractivity contribution in [2.24, 2.45) is 0 Å². The number of hydrogen-bond donors (Lipinski definition) is 0. The summed E-state index contributed by atoms with van der Waals surface area (Å²) in [6, 6.07) is 10.1. The van der Waals surface area contributed by atoms with Crippen LogP contribution in [0.15, 0.2) is 30.3 Å². The molecule has 0 saturated heterocycles. The van der Waals surface area contributed by atoms with Gasteiger partial charge < -0.3 is 0 Å². The molecule has 0 atom stereocenters. The van der Waals surface area contributed by atoms with Gasteiger partial charge in [0.25, 0.3) is 0 Å². The summed E-state index contributed by atoms with van der Waals surface area (Å²) < 4.78 is 13.8.